The fourth-order valence-electron chi connectivity index (χ4n) is 2.63. The van der Waals surface area contributed by atoms with Crippen molar-refractivity contribution < 1.29 is 14.3 Å². The third kappa shape index (κ3) is 7.01. The first-order valence-corrected chi connectivity index (χ1v) is 8.32. The molecule has 1 fully saturated rings. The number of nitrogens with one attached hydrogen (secondary N) is 2. The van der Waals surface area contributed by atoms with Crippen LogP contribution in [0.3, 0.4) is 0 Å². The van der Waals surface area contributed by atoms with Gasteiger partial charge in [0.25, 0.3) is 0 Å². The molecular weight excluding hydrogens is 292 g/mol. The molecule has 0 heterocycles. The molecule has 2 rings (SSSR count). The van der Waals surface area contributed by atoms with Crippen LogP contribution in [0.2, 0.25) is 0 Å². The summed E-state index contributed by atoms with van der Waals surface area (Å²) >= 11 is 0. The number of rotatable bonds is 5. The monoisotopic (exact) mass is 320 g/mol. The maximum absolute atomic E-state index is 11.6. The van der Waals surface area contributed by atoms with E-state index in [1.165, 1.54) is 5.56 Å². The molecular formula is C18H28N2O3. The van der Waals surface area contributed by atoms with Crippen molar-refractivity contribution in [1.29, 1.82) is 0 Å². The molecule has 23 heavy (non-hydrogen) atoms. The summed E-state index contributed by atoms with van der Waals surface area (Å²) in [6.45, 7) is 6.21. The van der Waals surface area contributed by atoms with Gasteiger partial charge in [-0.05, 0) is 52.0 Å². The van der Waals surface area contributed by atoms with Gasteiger partial charge >= 0.3 is 6.09 Å². The van der Waals surface area contributed by atoms with Gasteiger partial charge in [0.05, 0.1) is 12.7 Å². The smallest absolute Gasteiger partial charge is 0.422 e. The summed E-state index contributed by atoms with van der Waals surface area (Å²) in [5.74, 6) is 0. The highest BCUT2D eigenvalue weighted by Crippen LogP contribution is 2.22. The SMILES string of the molecule is CC(C)(C)OC(=O)NNC1CCC(OCc2ccccc2)CC1. The second-order valence-corrected chi connectivity index (χ2v) is 7.04. The van der Waals surface area contributed by atoms with Crippen LogP contribution >= 0.6 is 0 Å². The summed E-state index contributed by atoms with van der Waals surface area (Å²) in [6, 6.07) is 10.5. The molecule has 0 aromatic heterocycles. The molecule has 2 N–H and O–H groups in total. The minimum atomic E-state index is -0.477. The highest BCUT2D eigenvalue weighted by atomic mass is 16.6. The molecule has 1 aliphatic carbocycles. The Kier molecular flexibility index (Phi) is 6.42. The second kappa shape index (κ2) is 8.31. The molecule has 0 bridgehead atoms. The molecule has 0 unspecified atom stereocenters. The molecule has 0 aliphatic heterocycles. The Morgan fingerprint density at radius 2 is 1.78 bits per heavy atom. The lowest BCUT2D eigenvalue weighted by Crippen LogP contribution is -2.48. The van der Waals surface area contributed by atoms with E-state index in [0.29, 0.717) is 12.7 Å². The van der Waals surface area contributed by atoms with Crippen LogP contribution < -0.4 is 10.9 Å². The first-order valence-electron chi connectivity index (χ1n) is 8.32. The van der Waals surface area contributed by atoms with E-state index >= 15 is 0 Å². The summed E-state index contributed by atoms with van der Waals surface area (Å²) in [4.78, 5) is 11.6. The van der Waals surface area contributed by atoms with Gasteiger partial charge in [-0.3, -0.25) is 5.43 Å². The molecule has 1 aromatic carbocycles. The summed E-state index contributed by atoms with van der Waals surface area (Å²) in [7, 11) is 0. The maximum Gasteiger partial charge on any atom is 0.422 e. The van der Waals surface area contributed by atoms with Gasteiger partial charge in [-0.25, -0.2) is 10.2 Å². The number of carbonyl (C=O) groups excluding carboxylic acids is 1. The van der Waals surface area contributed by atoms with Crippen molar-refractivity contribution in [1.82, 2.24) is 10.9 Å². The number of benzene rings is 1. The molecule has 0 spiro atoms. The van der Waals surface area contributed by atoms with Crippen LogP contribution in [0.5, 0.6) is 0 Å². The van der Waals surface area contributed by atoms with Crippen molar-refractivity contribution in [3.63, 3.8) is 0 Å². The van der Waals surface area contributed by atoms with Crippen LogP contribution in [0.25, 0.3) is 0 Å². The van der Waals surface area contributed by atoms with Crippen LogP contribution in [-0.4, -0.2) is 23.8 Å². The fraction of sp³-hybridized carbons (Fsp3) is 0.611. The Labute approximate surface area is 138 Å². The topological polar surface area (TPSA) is 59.6 Å². The quantitative estimate of drug-likeness (QED) is 0.815. The van der Waals surface area contributed by atoms with Crippen molar-refractivity contribution in [3.05, 3.63) is 35.9 Å². The highest BCUT2D eigenvalue weighted by Gasteiger charge is 2.23. The van der Waals surface area contributed by atoms with Crippen molar-refractivity contribution in [2.45, 2.75) is 70.8 Å². The third-order valence-electron chi connectivity index (χ3n) is 3.78. The van der Waals surface area contributed by atoms with Gasteiger partial charge in [0.15, 0.2) is 0 Å². The van der Waals surface area contributed by atoms with E-state index in [4.69, 9.17) is 9.47 Å². The summed E-state index contributed by atoms with van der Waals surface area (Å²) in [5, 5.41) is 0. The zero-order valence-corrected chi connectivity index (χ0v) is 14.3. The second-order valence-electron chi connectivity index (χ2n) is 7.04. The van der Waals surface area contributed by atoms with Crippen LogP contribution in [0.4, 0.5) is 4.79 Å². The molecule has 0 saturated heterocycles. The zero-order chi connectivity index (χ0) is 16.7. The van der Waals surface area contributed by atoms with Crippen LogP contribution in [0.1, 0.15) is 52.0 Å². The van der Waals surface area contributed by atoms with E-state index in [-0.39, 0.29) is 6.04 Å². The van der Waals surface area contributed by atoms with E-state index in [1.807, 2.05) is 39.0 Å². The molecule has 1 amide bonds. The fourth-order valence-corrected chi connectivity index (χ4v) is 2.63. The summed E-state index contributed by atoms with van der Waals surface area (Å²) < 4.78 is 11.2. The Bertz CT molecular complexity index is 477. The molecule has 1 saturated carbocycles. The predicted octanol–water partition coefficient (Wildman–Crippen LogP) is 3.54. The average Bonchev–Trinajstić information content (AvgIpc) is 2.51. The lowest BCUT2D eigenvalue weighted by atomic mass is 9.93. The Balaban J connectivity index is 1.61. The standard InChI is InChI=1S/C18H28N2O3/c1-18(2,3)23-17(21)20-19-15-9-11-16(12-10-15)22-13-14-7-5-4-6-8-14/h4-8,15-16,19H,9-13H2,1-3H3,(H,20,21). The van der Waals surface area contributed by atoms with Crippen LogP contribution in [-0.2, 0) is 16.1 Å². The minimum absolute atomic E-state index is 0.277. The summed E-state index contributed by atoms with van der Waals surface area (Å²) in [6.07, 6.45) is 3.83. The van der Waals surface area contributed by atoms with Gasteiger partial charge in [0, 0.05) is 6.04 Å². The number of ether oxygens (including phenoxy) is 2. The Morgan fingerprint density at radius 1 is 1.13 bits per heavy atom. The van der Waals surface area contributed by atoms with E-state index in [1.54, 1.807) is 0 Å². The van der Waals surface area contributed by atoms with Gasteiger partial charge in [-0.1, -0.05) is 30.3 Å². The molecule has 5 heteroatoms. The number of hydrogen-bond acceptors (Lipinski definition) is 4. The van der Waals surface area contributed by atoms with Gasteiger partial charge in [0.2, 0.25) is 0 Å². The molecule has 0 radical (unpaired) electrons. The Hall–Kier alpha value is -1.59. The van der Waals surface area contributed by atoms with Crippen molar-refractivity contribution in [2.24, 2.45) is 0 Å². The van der Waals surface area contributed by atoms with E-state index < -0.39 is 11.7 Å². The minimum Gasteiger partial charge on any atom is -0.443 e. The van der Waals surface area contributed by atoms with Gasteiger partial charge in [-0.2, -0.15) is 0 Å². The molecule has 128 valence electrons. The highest BCUT2D eigenvalue weighted by molar-refractivity contribution is 5.67. The third-order valence-corrected chi connectivity index (χ3v) is 3.78. The van der Waals surface area contributed by atoms with Gasteiger partial charge in [-0.15, -0.1) is 0 Å². The molecule has 0 atom stereocenters. The van der Waals surface area contributed by atoms with E-state index in [9.17, 15) is 4.79 Å². The van der Waals surface area contributed by atoms with Crippen molar-refractivity contribution in [3.8, 4) is 0 Å². The van der Waals surface area contributed by atoms with E-state index in [2.05, 4.69) is 23.0 Å². The lowest BCUT2D eigenvalue weighted by molar-refractivity contribution is 0.00914. The molecule has 5 nitrogen and oxygen atoms in total. The first kappa shape index (κ1) is 17.8. The van der Waals surface area contributed by atoms with Gasteiger partial charge < -0.3 is 9.47 Å². The maximum atomic E-state index is 11.6. The van der Waals surface area contributed by atoms with E-state index in [0.717, 1.165) is 25.7 Å². The first-order chi connectivity index (χ1) is 10.9. The van der Waals surface area contributed by atoms with Crippen molar-refractivity contribution >= 4 is 6.09 Å². The predicted molar refractivity (Wildman–Crippen MR) is 89.8 cm³/mol. The normalized spacial score (nSPS) is 21.7. The lowest BCUT2D eigenvalue weighted by Gasteiger charge is -2.29. The summed E-state index contributed by atoms with van der Waals surface area (Å²) in [5.41, 5.74) is 6.42. The molecule has 1 aliphatic rings. The average molecular weight is 320 g/mol. The largest absolute Gasteiger partial charge is 0.443 e. The number of hydrazine groups is 1. The Morgan fingerprint density at radius 3 is 2.39 bits per heavy atom. The number of carbonyl (C=O) groups is 1. The number of hydrogen-bond donors (Lipinski definition) is 2. The van der Waals surface area contributed by atoms with Crippen molar-refractivity contribution in [2.75, 3.05) is 0 Å². The zero-order valence-electron chi connectivity index (χ0n) is 14.3. The number of amides is 1. The van der Waals surface area contributed by atoms with Crippen LogP contribution in [0, 0.1) is 0 Å². The van der Waals surface area contributed by atoms with Gasteiger partial charge in [0.1, 0.15) is 5.60 Å². The molecule has 1 aromatic rings. The van der Waals surface area contributed by atoms with Crippen LogP contribution in [0.15, 0.2) is 30.3 Å².